The molecule has 1 aromatic rings. The van der Waals surface area contributed by atoms with Gasteiger partial charge in [-0.2, -0.15) is 0 Å². The predicted octanol–water partition coefficient (Wildman–Crippen LogP) is 4.01. The second kappa shape index (κ2) is 7.11. The van der Waals surface area contributed by atoms with E-state index in [9.17, 15) is 4.79 Å². The lowest BCUT2D eigenvalue weighted by Crippen LogP contribution is -2.36. The molecular weight excluding hydrogens is 318 g/mol. The van der Waals surface area contributed by atoms with Gasteiger partial charge in [-0.3, -0.25) is 4.79 Å². The van der Waals surface area contributed by atoms with E-state index in [1.165, 1.54) is 12.8 Å². The van der Waals surface area contributed by atoms with Crippen LogP contribution in [0.5, 0.6) is 5.75 Å². The molecule has 4 heteroatoms. The summed E-state index contributed by atoms with van der Waals surface area (Å²) < 4.78 is 6.72. The normalized spacial score (nSPS) is 15.6. The van der Waals surface area contributed by atoms with Crippen LogP contribution in [0.3, 0.4) is 0 Å². The lowest BCUT2D eigenvalue weighted by Gasteiger charge is -2.16. The molecule has 0 saturated heterocycles. The standard InChI is InChI=1S/C16H22BrNO2/c1-11(2)14-9-12(17)7-8-15(14)20-10-16(19)18-13-5-3-4-6-13/h7-9,11,13H,3-6,10H2,1-2H3,(H,18,19). The lowest BCUT2D eigenvalue weighted by molar-refractivity contribution is -0.123. The maximum absolute atomic E-state index is 11.9. The largest absolute Gasteiger partial charge is 0.483 e. The highest BCUT2D eigenvalue weighted by molar-refractivity contribution is 9.10. The van der Waals surface area contributed by atoms with Crippen molar-refractivity contribution in [3.8, 4) is 5.75 Å². The highest BCUT2D eigenvalue weighted by Gasteiger charge is 2.17. The number of hydrogen-bond acceptors (Lipinski definition) is 2. The van der Waals surface area contributed by atoms with Gasteiger partial charge in [-0.05, 0) is 42.5 Å². The first-order chi connectivity index (χ1) is 9.56. The molecule has 0 bridgehead atoms. The summed E-state index contributed by atoms with van der Waals surface area (Å²) >= 11 is 3.47. The van der Waals surface area contributed by atoms with E-state index in [-0.39, 0.29) is 12.5 Å². The molecule has 0 radical (unpaired) electrons. The van der Waals surface area contributed by atoms with E-state index >= 15 is 0 Å². The molecule has 1 N–H and O–H groups in total. The maximum Gasteiger partial charge on any atom is 0.258 e. The highest BCUT2D eigenvalue weighted by atomic mass is 79.9. The highest BCUT2D eigenvalue weighted by Crippen LogP contribution is 2.29. The fraction of sp³-hybridized carbons (Fsp3) is 0.562. The molecule has 0 aromatic heterocycles. The second-order valence-corrected chi connectivity index (χ2v) is 6.59. The topological polar surface area (TPSA) is 38.3 Å². The summed E-state index contributed by atoms with van der Waals surface area (Å²) in [7, 11) is 0. The number of hydrogen-bond donors (Lipinski definition) is 1. The minimum Gasteiger partial charge on any atom is -0.483 e. The van der Waals surface area contributed by atoms with Crippen LogP contribution in [0, 0.1) is 0 Å². The van der Waals surface area contributed by atoms with Crippen LogP contribution in [0.25, 0.3) is 0 Å². The van der Waals surface area contributed by atoms with Gasteiger partial charge in [0.25, 0.3) is 5.91 Å². The summed E-state index contributed by atoms with van der Waals surface area (Å²) in [4.78, 5) is 11.9. The minimum atomic E-state index is -0.0190. The molecule has 0 unspecified atom stereocenters. The van der Waals surface area contributed by atoms with E-state index in [4.69, 9.17) is 4.74 Å². The van der Waals surface area contributed by atoms with Gasteiger partial charge >= 0.3 is 0 Å². The summed E-state index contributed by atoms with van der Waals surface area (Å²) in [5.41, 5.74) is 1.12. The number of ether oxygens (including phenoxy) is 1. The van der Waals surface area contributed by atoms with Crippen LogP contribution in [-0.2, 0) is 4.79 Å². The number of nitrogens with one attached hydrogen (secondary N) is 1. The van der Waals surface area contributed by atoms with E-state index < -0.39 is 0 Å². The molecule has 2 rings (SSSR count). The van der Waals surface area contributed by atoms with Gasteiger partial charge in [-0.15, -0.1) is 0 Å². The lowest BCUT2D eigenvalue weighted by atomic mass is 10.0. The van der Waals surface area contributed by atoms with Crippen LogP contribution in [-0.4, -0.2) is 18.6 Å². The van der Waals surface area contributed by atoms with E-state index in [1.807, 2.05) is 12.1 Å². The fourth-order valence-electron chi connectivity index (χ4n) is 2.58. The smallest absolute Gasteiger partial charge is 0.258 e. The Balaban J connectivity index is 1.91. The van der Waals surface area contributed by atoms with Crippen LogP contribution in [0.4, 0.5) is 0 Å². The maximum atomic E-state index is 11.9. The third-order valence-corrected chi connectivity index (χ3v) is 4.17. The van der Waals surface area contributed by atoms with Crippen molar-refractivity contribution in [2.75, 3.05) is 6.61 Å². The molecule has 0 aliphatic heterocycles. The van der Waals surface area contributed by atoms with Gasteiger partial charge in [-0.25, -0.2) is 0 Å². The van der Waals surface area contributed by atoms with Crippen LogP contribution in [0.15, 0.2) is 22.7 Å². The molecule has 0 spiro atoms. The molecule has 1 aliphatic rings. The molecule has 1 aliphatic carbocycles. The molecule has 1 aromatic carbocycles. The molecule has 20 heavy (non-hydrogen) atoms. The van der Waals surface area contributed by atoms with Gasteiger partial charge in [0.05, 0.1) is 0 Å². The third kappa shape index (κ3) is 4.23. The van der Waals surface area contributed by atoms with E-state index in [2.05, 4.69) is 41.2 Å². The van der Waals surface area contributed by atoms with Crippen molar-refractivity contribution >= 4 is 21.8 Å². The number of rotatable bonds is 5. The van der Waals surface area contributed by atoms with E-state index in [0.29, 0.717) is 12.0 Å². The van der Waals surface area contributed by atoms with Crippen molar-refractivity contribution in [1.29, 1.82) is 0 Å². The number of benzene rings is 1. The first kappa shape index (κ1) is 15.4. The van der Waals surface area contributed by atoms with Crippen molar-refractivity contribution in [2.45, 2.75) is 51.5 Å². The first-order valence-electron chi connectivity index (χ1n) is 7.28. The zero-order valence-corrected chi connectivity index (χ0v) is 13.7. The Morgan fingerprint density at radius 2 is 2.10 bits per heavy atom. The summed E-state index contributed by atoms with van der Waals surface area (Å²) in [6.45, 7) is 4.33. The molecule has 1 fully saturated rings. The van der Waals surface area contributed by atoms with Gasteiger partial charge < -0.3 is 10.1 Å². The Bertz CT molecular complexity index is 468. The van der Waals surface area contributed by atoms with Crippen molar-refractivity contribution < 1.29 is 9.53 Å². The Morgan fingerprint density at radius 3 is 2.75 bits per heavy atom. The van der Waals surface area contributed by atoms with Crippen LogP contribution in [0.1, 0.15) is 51.0 Å². The summed E-state index contributed by atoms with van der Waals surface area (Å²) in [5, 5.41) is 3.04. The Hall–Kier alpha value is -1.03. The Labute approximate surface area is 129 Å². The molecule has 0 heterocycles. The zero-order valence-electron chi connectivity index (χ0n) is 12.1. The van der Waals surface area contributed by atoms with Gasteiger partial charge in [0, 0.05) is 10.5 Å². The van der Waals surface area contributed by atoms with Crippen LogP contribution >= 0.6 is 15.9 Å². The molecule has 0 atom stereocenters. The SMILES string of the molecule is CC(C)c1cc(Br)ccc1OCC(=O)NC1CCCC1. The average Bonchev–Trinajstić information content (AvgIpc) is 2.90. The predicted molar refractivity (Wildman–Crippen MR) is 84.1 cm³/mol. The first-order valence-corrected chi connectivity index (χ1v) is 8.07. The molecule has 1 amide bonds. The van der Waals surface area contributed by atoms with Crippen molar-refractivity contribution in [1.82, 2.24) is 5.32 Å². The molecule has 3 nitrogen and oxygen atoms in total. The minimum absolute atomic E-state index is 0.0190. The van der Waals surface area contributed by atoms with E-state index in [0.717, 1.165) is 28.6 Å². The molecule has 1 saturated carbocycles. The second-order valence-electron chi connectivity index (χ2n) is 5.67. The molecular formula is C16H22BrNO2. The van der Waals surface area contributed by atoms with Gasteiger partial charge in [0.15, 0.2) is 6.61 Å². The Kier molecular flexibility index (Phi) is 5.46. The number of amides is 1. The summed E-state index contributed by atoms with van der Waals surface area (Å²) in [6, 6.07) is 6.26. The fourth-order valence-corrected chi connectivity index (χ4v) is 2.96. The van der Waals surface area contributed by atoms with Gasteiger partial charge in [0.1, 0.15) is 5.75 Å². The quantitative estimate of drug-likeness (QED) is 0.880. The van der Waals surface area contributed by atoms with Crippen molar-refractivity contribution in [2.24, 2.45) is 0 Å². The van der Waals surface area contributed by atoms with Gasteiger partial charge in [0.2, 0.25) is 0 Å². The Morgan fingerprint density at radius 1 is 1.40 bits per heavy atom. The zero-order chi connectivity index (χ0) is 14.5. The van der Waals surface area contributed by atoms with Gasteiger partial charge in [-0.1, -0.05) is 42.6 Å². The van der Waals surface area contributed by atoms with Crippen molar-refractivity contribution in [3.63, 3.8) is 0 Å². The average molecular weight is 340 g/mol. The number of carbonyl (C=O) groups is 1. The van der Waals surface area contributed by atoms with Crippen molar-refractivity contribution in [3.05, 3.63) is 28.2 Å². The molecule has 110 valence electrons. The third-order valence-electron chi connectivity index (χ3n) is 3.67. The number of halogens is 1. The van der Waals surface area contributed by atoms with Crippen LogP contribution < -0.4 is 10.1 Å². The summed E-state index contributed by atoms with van der Waals surface area (Å²) in [6.07, 6.45) is 4.63. The monoisotopic (exact) mass is 339 g/mol. The number of carbonyl (C=O) groups excluding carboxylic acids is 1. The summed E-state index contributed by atoms with van der Waals surface area (Å²) in [5.74, 6) is 1.14. The van der Waals surface area contributed by atoms with E-state index in [1.54, 1.807) is 0 Å². The van der Waals surface area contributed by atoms with Crippen LogP contribution in [0.2, 0.25) is 0 Å².